The van der Waals surface area contributed by atoms with Crippen LogP contribution in [0.2, 0.25) is 0 Å². The molecule has 0 spiro atoms. The van der Waals surface area contributed by atoms with Crippen LogP contribution in [-0.2, 0) is 6.61 Å². The smallest absolute Gasteiger partial charge is 0.248 e. The van der Waals surface area contributed by atoms with Gasteiger partial charge in [-0.2, -0.15) is 0 Å². The van der Waals surface area contributed by atoms with Crippen molar-refractivity contribution in [1.29, 1.82) is 0 Å². The van der Waals surface area contributed by atoms with Gasteiger partial charge in [-0.1, -0.05) is 49.7 Å². The summed E-state index contributed by atoms with van der Waals surface area (Å²) in [7, 11) is 0. The molecule has 0 amide bonds. The van der Waals surface area contributed by atoms with E-state index in [2.05, 4.69) is 22.1 Å². The predicted molar refractivity (Wildman–Crippen MR) is 140 cm³/mol. The summed E-state index contributed by atoms with van der Waals surface area (Å²) in [6.07, 6.45) is 4.29. The highest BCUT2D eigenvalue weighted by atomic mass is 16.5. The highest BCUT2D eigenvalue weighted by molar-refractivity contribution is 5.87. The second-order valence-corrected chi connectivity index (χ2v) is 10.3. The van der Waals surface area contributed by atoms with Crippen LogP contribution < -0.4 is 15.6 Å². The molecule has 0 bridgehead atoms. The van der Waals surface area contributed by atoms with Gasteiger partial charge in [0.15, 0.2) is 0 Å². The second kappa shape index (κ2) is 10.9. The Kier molecular flexibility index (Phi) is 7.51. The highest BCUT2D eigenvalue weighted by Crippen LogP contribution is 2.38. The number of fused-ring (bicyclic) bond motifs is 2. The number of H-pyrrole nitrogens is 1. The topological polar surface area (TPSA) is 77.6 Å². The average Bonchev–Trinajstić information content (AvgIpc) is 3.43. The number of aromatic amines is 1. The summed E-state index contributed by atoms with van der Waals surface area (Å²) in [5.74, 6) is 2.18. The lowest BCUT2D eigenvalue weighted by Crippen LogP contribution is -2.33. The van der Waals surface area contributed by atoms with Crippen LogP contribution in [0.25, 0.3) is 10.9 Å². The zero-order valence-corrected chi connectivity index (χ0v) is 20.6. The number of nitrogens with zero attached hydrogens (tertiary/aromatic N) is 1. The molecule has 186 valence electrons. The van der Waals surface area contributed by atoms with Gasteiger partial charge in [-0.05, 0) is 60.9 Å². The Labute approximate surface area is 207 Å². The Balaban J connectivity index is 1.22. The number of nitrogens with one attached hydrogen (secondary N) is 2. The molecule has 2 aromatic carbocycles. The minimum Gasteiger partial charge on any atom is -0.487 e. The first kappa shape index (κ1) is 24.0. The lowest BCUT2D eigenvalue weighted by molar-refractivity contribution is 0.170. The van der Waals surface area contributed by atoms with Crippen LogP contribution in [0.4, 0.5) is 0 Å². The summed E-state index contributed by atoms with van der Waals surface area (Å²) in [6, 6.07) is 17.5. The fourth-order valence-corrected chi connectivity index (χ4v) is 5.91. The van der Waals surface area contributed by atoms with Crippen LogP contribution in [0.3, 0.4) is 0 Å². The normalized spacial score (nSPS) is 23.0. The molecule has 4 atom stereocenters. The predicted octanol–water partition coefficient (Wildman–Crippen LogP) is 4.24. The monoisotopic (exact) mass is 475 g/mol. The van der Waals surface area contributed by atoms with Gasteiger partial charge in [0.1, 0.15) is 12.4 Å². The van der Waals surface area contributed by atoms with Gasteiger partial charge in [-0.3, -0.25) is 4.79 Å². The molecule has 6 nitrogen and oxygen atoms in total. The van der Waals surface area contributed by atoms with E-state index in [-0.39, 0.29) is 5.56 Å². The van der Waals surface area contributed by atoms with Crippen LogP contribution in [0, 0.1) is 11.8 Å². The molecule has 3 N–H and O–H groups in total. The molecule has 5 rings (SSSR count). The first-order valence-electron chi connectivity index (χ1n) is 13.1. The van der Waals surface area contributed by atoms with Gasteiger partial charge in [0.25, 0.3) is 0 Å². The van der Waals surface area contributed by atoms with Gasteiger partial charge in [0.2, 0.25) is 5.56 Å². The van der Waals surface area contributed by atoms with Crippen LogP contribution in [0.5, 0.6) is 5.75 Å². The zero-order valence-electron chi connectivity index (χ0n) is 20.6. The quantitative estimate of drug-likeness (QED) is 0.409. The maximum atomic E-state index is 12.1. The van der Waals surface area contributed by atoms with Crippen molar-refractivity contribution in [3.05, 3.63) is 76.1 Å². The van der Waals surface area contributed by atoms with Gasteiger partial charge >= 0.3 is 0 Å². The van der Waals surface area contributed by atoms with Crippen molar-refractivity contribution in [2.45, 2.75) is 51.4 Å². The van der Waals surface area contributed by atoms with Crippen molar-refractivity contribution in [3.63, 3.8) is 0 Å². The van der Waals surface area contributed by atoms with Crippen molar-refractivity contribution < 1.29 is 9.84 Å². The van der Waals surface area contributed by atoms with Crippen molar-refractivity contribution in [2.24, 2.45) is 11.8 Å². The molecular weight excluding hydrogens is 438 g/mol. The minimum atomic E-state index is -0.659. The summed E-state index contributed by atoms with van der Waals surface area (Å²) < 4.78 is 6.04. The molecule has 1 saturated heterocycles. The van der Waals surface area contributed by atoms with E-state index in [0.29, 0.717) is 30.5 Å². The van der Waals surface area contributed by atoms with E-state index in [0.717, 1.165) is 28.3 Å². The fourth-order valence-electron chi connectivity index (χ4n) is 5.91. The molecule has 1 aromatic heterocycles. The molecule has 3 aromatic rings. The van der Waals surface area contributed by atoms with Crippen LogP contribution >= 0.6 is 0 Å². The molecule has 0 radical (unpaired) electrons. The number of ether oxygens (including phenoxy) is 1. The van der Waals surface area contributed by atoms with Crippen molar-refractivity contribution in [1.82, 2.24) is 15.2 Å². The van der Waals surface area contributed by atoms with E-state index in [4.69, 9.17) is 4.74 Å². The Bertz CT molecular complexity index is 1160. The molecule has 1 aliphatic carbocycles. The van der Waals surface area contributed by atoms with Crippen molar-refractivity contribution in [2.75, 3.05) is 26.2 Å². The number of aromatic nitrogens is 1. The molecule has 1 aliphatic heterocycles. The third-order valence-electron chi connectivity index (χ3n) is 7.74. The van der Waals surface area contributed by atoms with Gasteiger partial charge in [0.05, 0.1) is 11.6 Å². The maximum absolute atomic E-state index is 12.1. The molecule has 1 saturated carbocycles. The minimum absolute atomic E-state index is 0.183. The molecule has 6 heteroatoms. The zero-order chi connectivity index (χ0) is 24.2. The molecule has 1 unspecified atom stereocenters. The largest absolute Gasteiger partial charge is 0.487 e. The van der Waals surface area contributed by atoms with Crippen molar-refractivity contribution >= 4 is 10.9 Å². The second-order valence-electron chi connectivity index (χ2n) is 10.3. The lowest BCUT2D eigenvalue weighted by Gasteiger charge is -2.21. The number of aliphatic hydroxyl groups excluding tert-OH is 1. The van der Waals surface area contributed by atoms with E-state index >= 15 is 0 Å². The highest BCUT2D eigenvalue weighted by Gasteiger charge is 2.40. The standard InChI is InChI=1S/C29H37N3O3/c1-2-3-13-32-17-21-14-23(15-22(21)18-32)30-16-26(33)24-9-11-27(29-25(24)10-12-28(34)31-29)35-19-20-7-5-4-6-8-20/h4-12,21-23,26,30,33H,2-3,13-19H2,1H3,(H,31,34)/t21-,22+,23?,26-/m0/s1. The summed E-state index contributed by atoms with van der Waals surface area (Å²) in [4.78, 5) is 17.6. The summed E-state index contributed by atoms with van der Waals surface area (Å²) in [5, 5.41) is 15.5. The van der Waals surface area contributed by atoms with Crippen molar-refractivity contribution in [3.8, 4) is 5.75 Å². The number of likely N-dealkylation sites (tertiary alicyclic amines) is 1. The number of benzene rings is 2. The Morgan fingerprint density at radius 1 is 1.09 bits per heavy atom. The first-order chi connectivity index (χ1) is 17.1. The Morgan fingerprint density at radius 2 is 1.86 bits per heavy atom. The number of rotatable bonds is 10. The average molecular weight is 476 g/mol. The van der Waals surface area contributed by atoms with Gasteiger partial charge in [-0.15, -0.1) is 0 Å². The van der Waals surface area contributed by atoms with Gasteiger partial charge in [0, 0.05) is 37.1 Å². The molecule has 2 heterocycles. The van der Waals surface area contributed by atoms with Crippen LogP contribution in [0.15, 0.2) is 59.4 Å². The molecule has 35 heavy (non-hydrogen) atoms. The Morgan fingerprint density at radius 3 is 2.60 bits per heavy atom. The first-order valence-corrected chi connectivity index (χ1v) is 13.1. The third kappa shape index (κ3) is 5.61. The van der Waals surface area contributed by atoms with E-state index in [1.54, 1.807) is 6.07 Å². The molecule has 2 fully saturated rings. The van der Waals surface area contributed by atoms with E-state index < -0.39 is 6.10 Å². The summed E-state index contributed by atoms with van der Waals surface area (Å²) >= 11 is 0. The van der Waals surface area contributed by atoms with E-state index in [1.807, 2.05) is 42.5 Å². The van der Waals surface area contributed by atoms with Gasteiger partial charge in [-0.25, -0.2) is 0 Å². The van der Waals surface area contributed by atoms with Crippen LogP contribution in [0.1, 0.15) is 49.8 Å². The maximum Gasteiger partial charge on any atom is 0.248 e. The van der Waals surface area contributed by atoms with Gasteiger partial charge < -0.3 is 25.0 Å². The number of hydrogen-bond donors (Lipinski definition) is 3. The van der Waals surface area contributed by atoms with E-state index in [9.17, 15) is 9.90 Å². The molecular formula is C29H37N3O3. The SMILES string of the molecule is CCCCN1C[C@H]2CC(NC[C@H](O)c3ccc(OCc4ccccc4)c4[nH]c(=O)ccc34)C[C@H]2C1. The fraction of sp³-hybridized carbons (Fsp3) is 0.483. The summed E-state index contributed by atoms with van der Waals surface area (Å²) in [5.41, 5.74) is 2.31. The number of aliphatic hydroxyl groups is 1. The number of hydrogen-bond acceptors (Lipinski definition) is 5. The molecule has 2 aliphatic rings. The Hall–Kier alpha value is -2.67. The number of pyridine rings is 1. The van der Waals surface area contributed by atoms with Crippen LogP contribution in [-0.4, -0.2) is 47.2 Å². The summed E-state index contributed by atoms with van der Waals surface area (Å²) in [6.45, 7) is 6.87. The third-order valence-corrected chi connectivity index (χ3v) is 7.74. The number of unbranched alkanes of at least 4 members (excludes halogenated alkanes) is 1. The lowest BCUT2D eigenvalue weighted by atomic mass is 10.0. The van der Waals surface area contributed by atoms with E-state index in [1.165, 1.54) is 51.4 Å².